The van der Waals surface area contributed by atoms with Gasteiger partial charge in [-0.05, 0) is 31.2 Å². The maximum Gasteiger partial charge on any atom is 0.224 e. The monoisotopic (exact) mass is 212 g/mol. The van der Waals surface area contributed by atoms with E-state index in [9.17, 15) is 4.79 Å². The molecule has 1 aliphatic rings. The Bertz CT molecular complexity index is 212. The van der Waals surface area contributed by atoms with Crippen LogP contribution in [0.2, 0.25) is 0 Å². The first-order valence-corrected chi connectivity index (χ1v) is 6.12. The van der Waals surface area contributed by atoms with Gasteiger partial charge in [0.15, 0.2) is 0 Å². The Labute approximate surface area is 93.0 Å². The zero-order valence-electron chi connectivity index (χ0n) is 10.2. The fraction of sp³-hybridized carbons (Fsp3) is 0.917. The SMILES string of the molecule is CCNCC(C)C(=O)NCC1(CC)CC1. The highest BCUT2D eigenvalue weighted by Crippen LogP contribution is 2.47. The van der Waals surface area contributed by atoms with Crippen LogP contribution in [0.4, 0.5) is 0 Å². The predicted octanol–water partition coefficient (Wildman–Crippen LogP) is 1.54. The van der Waals surface area contributed by atoms with Gasteiger partial charge in [0.2, 0.25) is 5.91 Å². The second-order valence-electron chi connectivity index (χ2n) is 4.78. The number of nitrogens with one attached hydrogen (secondary N) is 2. The third kappa shape index (κ3) is 3.82. The molecule has 0 aromatic heterocycles. The molecule has 0 aliphatic heterocycles. The lowest BCUT2D eigenvalue weighted by molar-refractivity contribution is -0.124. The number of amides is 1. The van der Waals surface area contributed by atoms with Crippen molar-refractivity contribution >= 4 is 5.91 Å². The molecule has 0 heterocycles. The largest absolute Gasteiger partial charge is 0.355 e. The first kappa shape index (κ1) is 12.5. The van der Waals surface area contributed by atoms with Crippen LogP contribution in [0.1, 0.15) is 40.0 Å². The van der Waals surface area contributed by atoms with Crippen molar-refractivity contribution in [2.24, 2.45) is 11.3 Å². The lowest BCUT2D eigenvalue weighted by atomic mass is 10.0. The van der Waals surface area contributed by atoms with Gasteiger partial charge in [-0.1, -0.05) is 20.8 Å². The summed E-state index contributed by atoms with van der Waals surface area (Å²) in [7, 11) is 0. The Morgan fingerprint density at radius 3 is 2.53 bits per heavy atom. The van der Waals surface area contributed by atoms with E-state index in [0.29, 0.717) is 5.41 Å². The fourth-order valence-corrected chi connectivity index (χ4v) is 1.73. The van der Waals surface area contributed by atoms with Crippen LogP contribution in [0.3, 0.4) is 0 Å². The van der Waals surface area contributed by atoms with Crippen molar-refractivity contribution in [1.82, 2.24) is 10.6 Å². The van der Waals surface area contributed by atoms with E-state index in [4.69, 9.17) is 0 Å². The maximum atomic E-state index is 11.7. The van der Waals surface area contributed by atoms with Gasteiger partial charge in [0, 0.05) is 19.0 Å². The molecule has 0 bridgehead atoms. The van der Waals surface area contributed by atoms with E-state index < -0.39 is 0 Å². The Hall–Kier alpha value is -0.570. The first-order valence-electron chi connectivity index (χ1n) is 6.12. The van der Waals surface area contributed by atoms with E-state index in [2.05, 4.69) is 24.5 Å². The van der Waals surface area contributed by atoms with Crippen molar-refractivity contribution in [1.29, 1.82) is 0 Å². The van der Waals surface area contributed by atoms with Gasteiger partial charge in [-0.3, -0.25) is 4.79 Å². The molecule has 0 spiro atoms. The third-order valence-electron chi connectivity index (χ3n) is 3.49. The first-order chi connectivity index (χ1) is 7.13. The third-order valence-corrected chi connectivity index (χ3v) is 3.49. The standard InChI is InChI=1S/C12H24N2O/c1-4-12(6-7-12)9-14-11(15)10(3)8-13-5-2/h10,13H,4-9H2,1-3H3,(H,14,15). The van der Waals surface area contributed by atoms with E-state index in [1.807, 2.05) is 6.92 Å². The number of hydrogen-bond donors (Lipinski definition) is 2. The summed E-state index contributed by atoms with van der Waals surface area (Å²) >= 11 is 0. The van der Waals surface area contributed by atoms with Gasteiger partial charge in [0.05, 0.1) is 0 Å². The molecule has 15 heavy (non-hydrogen) atoms. The van der Waals surface area contributed by atoms with E-state index in [-0.39, 0.29) is 11.8 Å². The summed E-state index contributed by atoms with van der Waals surface area (Å²) in [5, 5.41) is 6.26. The minimum atomic E-state index is 0.0811. The van der Waals surface area contributed by atoms with Gasteiger partial charge >= 0.3 is 0 Å². The van der Waals surface area contributed by atoms with Crippen LogP contribution in [0.5, 0.6) is 0 Å². The molecule has 0 aromatic rings. The number of hydrogen-bond acceptors (Lipinski definition) is 2. The lowest BCUT2D eigenvalue weighted by Gasteiger charge is -2.16. The topological polar surface area (TPSA) is 41.1 Å². The van der Waals surface area contributed by atoms with Crippen molar-refractivity contribution in [2.75, 3.05) is 19.6 Å². The molecule has 88 valence electrons. The molecule has 1 fully saturated rings. The molecule has 1 rings (SSSR count). The quantitative estimate of drug-likeness (QED) is 0.672. The van der Waals surface area contributed by atoms with E-state index in [1.54, 1.807) is 0 Å². The number of rotatable bonds is 7. The Balaban J connectivity index is 2.17. The van der Waals surface area contributed by atoms with Crippen LogP contribution in [0.25, 0.3) is 0 Å². The highest BCUT2D eigenvalue weighted by molar-refractivity contribution is 5.78. The molecule has 0 saturated heterocycles. The fourth-order valence-electron chi connectivity index (χ4n) is 1.73. The average molecular weight is 212 g/mol. The zero-order valence-corrected chi connectivity index (χ0v) is 10.2. The summed E-state index contributed by atoms with van der Waals surface area (Å²) < 4.78 is 0. The summed E-state index contributed by atoms with van der Waals surface area (Å²) in [5.74, 6) is 0.272. The molecular formula is C12H24N2O. The van der Waals surface area contributed by atoms with Crippen molar-refractivity contribution in [3.63, 3.8) is 0 Å². The molecule has 3 heteroatoms. The van der Waals surface area contributed by atoms with Crippen LogP contribution in [-0.4, -0.2) is 25.5 Å². The minimum Gasteiger partial charge on any atom is -0.355 e. The van der Waals surface area contributed by atoms with Crippen molar-refractivity contribution < 1.29 is 4.79 Å². The summed E-state index contributed by atoms with van der Waals surface area (Å²) in [5.41, 5.74) is 0.452. The molecule has 1 aliphatic carbocycles. The highest BCUT2D eigenvalue weighted by Gasteiger charge is 2.40. The molecular weight excluding hydrogens is 188 g/mol. The maximum absolute atomic E-state index is 11.7. The van der Waals surface area contributed by atoms with Gasteiger partial charge in [-0.2, -0.15) is 0 Å². The van der Waals surface area contributed by atoms with Gasteiger partial charge in [-0.25, -0.2) is 0 Å². The summed E-state index contributed by atoms with van der Waals surface area (Å²) in [6.45, 7) is 8.82. The van der Waals surface area contributed by atoms with Crippen molar-refractivity contribution in [3.8, 4) is 0 Å². The molecule has 1 atom stereocenters. The van der Waals surface area contributed by atoms with Gasteiger partial charge in [-0.15, -0.1) is 0 Å². The van der Waals surface area contributed by atoms with E-state index in [1.165, 1.54) is 19.3 Å². The predicted molar refractivity (Wildman–Crippen MR) is 62.7 cm³/mol. The van der Waals surface area contributed by atoms with Crippen LogP contribution < -0.4 is 10.6 Å². The molecule has 2 N–H and O–H groups in total. The molecule has 0 radical (unpaired) electrons. The Kier molecular flexibility index (Phi) is 4.58. The zero-order chi connectivity index (χ0) is 11.3. The molecule has 1 unspecified atom stereocenters. The number of carbonyl (C=O) groups is 1. The van der Waals surface area contributed by atoms with Crippen LogP contribution in [0.15, 0.2) is 0 Å². The Morgan fingerprint density at radius 2 is 2.07 bits per heavy atom. The number of carbonyl (C=O) groups excluding carboxylic acids is 1. The molecule has 1 saturated carbocycles. The van der Waals surface area contributed by atoms with Crippen LogP contribution in [-0.2, 0) is 4.79 Å². The van der Waals surface area contributed by atoms with E-state index in [0.717, 1.165) is 19.6 Å². The summed E-state index contributed by atoms with van der Waals surface area (Å²) in [6, 6.07) is 0. The molecule has 0 aromatic carbocycles. The van der Waals surface area contributed by atoms with Crippen LogP contribution >= 0.6 is 0 Å². The lowest BCUT2D eigenvalue weighted by Crippen LogP contribution is -2.38. The minimum absolute atomic E-state index is 0.0811. The normalized spacial score (nSPS) is 19.7. The second-order valence-corrected chi connectivity index (χ2v) is 4.78. The molecule has 1 amide bonds. The van der Waals surface area contributed by atoms with Crippen molar-refractivity contribution in [2.45, 2.75) is 40.0 Å². The second kappa shape index (κ2) is 5.50. The van der Waals surface area contributed by atoms with Gasteiger partial charge < -0.3 is 10.6 Å². The van der Waals surface area contributed by atoms with Crippen molar-refractivity contribution in [3.05, 3.63) is 0 Å². The summed E-state index contributed by atoms with van der Waals surface area (Å²) in [4.78, 5) is 11.7. The smallest absolute Gasteiger partial charge is 0.224 e. The van der Waals surface area contributed by atoms with Gasteiger partial charge in [0.1, 0.15) is 0 Å². The van der Waals surface area contributed by atoms with Crippen LogP contribution in [0, 0.1) is 11.3 Å². The summed E-state index contributed by atoms with van der Waals surface area (Å²) in [6.07, 6.45) is 3.76. The molecule has 3 nitrogen and oxygen atoms in total. The highest BCUT2D eigenvalue weighted by atomic mass is 16.1. The average Bonchev–Trinajstić information content (AvgIpc) is 3.03. The van der Waals surface area contributed by atoms with Gasteiger partial charge in [0.25, 0.3) is 0 Å². The Morgan fingerprint density at radius 1 is 1.40 bits per heavy atom. The van der Waals surface area contributed by atoms with E-state index >= 15 is 0 Å².